The van der Waals surface area contributed by atoms with Crippen LogP contribution in [0.15, 0.2) is 18.2 Å². The highest BCUT2D eigenvalue weighted by Crippen LogP contribution is 2.34. The van der Waals surface area contributed by atoms with Crippen LogP contribution in [0, 0.1) is 5.82 Å². The van der Waals surface area contributed by atoms with Gasteiger partial charge in [0.1, 0.15) is 17.7 Å². The lowest BCUT2D eigenvalue weighted by atomic mass is 10.1. The van der Waals surface area contributed by atoms with Gasteiger partial charge in [0.2, 0.25) is 10.0 Å². The van der Waals surface area contributed by atoms with Gasteiger partial charge >= 0.3 is 6.03 Å². The summed E-state index contributed by atoms with van der Waals surface area (Å²) < 4.78 is 44.9. The highest BCUT2D eigenvalue weighted by Gasteiger charge is 2.32. The monoisotopic (exact) mass is 399 g/mol. The van der Waals surface area contributed by atoms with E-state index in [1.165, 1.54) is 22.5 Å². The molecule has 0 spiro atoms. The molecule has 1 fully saturated rings. The number of hydrogen-bond acceptors (Lipinski definition) is 4. The van der Waals surface area contributed by atoms with Crippen molar-refractivity contribution in [1.82, 2.24) is 9.62 Å². The van der Waals surface area contributed by atoms with E-state index in [4.69, 9.17) is 4.74 Å². The predicted octanol–water partition coefficient (Wildman–Crippen LogP) is 2.33. The second kappa shape index (κ2) is 8.02. The molecule has 0 aromatic heterocycles. The number of rotatable bonds is 4. The number of halogens is 1. The number of carbonyl (C=O) groups is 1. The molecule has 0 aliphatic carbocycles. The lowest BCUT2D eigenvalue weighted by Crippen LogP contribution is -2.53. The summed E-state index contributed by atoms with van der Waals surface area (Å²) >= 11 is 0. The second-order valence-electron chi connectivity index (χ2n) is 7.09. The Labute approximate surface area is 159 Å². The first-order valence-electron chi connectivity index (χ1n) is 9.32. The molecule has 1 aromatic carbocycles. The molecule has 1 saturated heterocycles. The number of nitrogens with zero attached hydrogens (tertiary/aromatic N) is 2. The Morgan fingerprint density at radius 3 is 2.70 bits per heavy atom. The smallest absolute Gasteiger partial charge is 0.322 e. The number of benzene rings is 1. The summed E-state index contributed by atoms with van der Waals surface area (Å²) in [6.07, 6.45) is 1.50. The standard InChI is InChI=1S/C18H26FN3O4S/c1-3-10-27(24,25)21-8-6-15(7-9-21)20-18(23)22-12-13(2)26-17-11-14(19)4-5-16(17)22/h4-5,11,13,15H,3,6-10,12H2,1-2H3,(H,20,23)/t13-/m1/s1. The van der Waals surface area contributed by atoms with Crippen LogP contribution in [0.4, 0.5) is 14.9 Å². The van der Waals surface area contributed by atoms with Gasteiger partial charge in [-0.05, 0) is 38.3 Å². The van der Waals surface area contributed by atoms with E-state index in [1.54, 1.807) is 4.90 Å². The average Bonchev–Trinajstić information content (AvgIpc) is 2.61. The quantitative estimate of drug-likeness (QED) is 0.843. The SMILES string of the molecule is CCCS(=O)(=O)N1CCC(NC(=O)N2C[C@@H](C)Oc3cc(F)ccc32)CC1. The maximum atomic E-state index is 13.5. The fraction of sp³-hybridized carbons (Fsp3) is 0.611. The highest BCUT2D eigenvalue weighted by atomic mass is 32.2. The zero-order valence-electron chi connectivity index (χ0n) is 15.7. The third kappa shape index (κ3) is 4.52. The van der Waals surface area contributed by atoms with Gasteiger partial charge in [-0.3, -0.25) is 4.90 Å². The molecule has 0 saturated carbocycles. The van der Waals surface area contributed by atoms with Crippen LogP contribution in [-0.4, -0.2) is 56.3 Å². The van der Waals surface area contributed by atoms with Gasteiger partial charge in [-0.1, -0.05) is 6.92 Å². The van der Waals surface area contributed by atoms with Crippen LogP contribution in [0.1, 0.15) is 33.1 Å². The Hall–Kier alpha value is -1.87. The van der Waals surface area contributed by atoms with E-state index in [0.717, 1.165) is 0 Å². The van der Waals surface area contributed by atoms with Crippen LogP contribution in [0.25, 0.3) is 0 Å². The summed E-state index contributed by atoms with van der Waals surface area (Å²) in [4.78, 5) is 14.3. The predicted molar refractivity (Wildman–Crippen MR) is 101 cm³/mol. The summed E-state index contributed by atoms with van der Waals surface area (Å²) in [5, 5.41) is 2.98. The zero-order chi connectivity index (χ0) is 19.6. The van der Waals surface area contributed by atoms with Crippen molar-refractivity contribution in [2.24, 2.45) is 0 Å². The number of piperidine rings is 1. The molecule has 7 nitrogen and oxygen atoms in total. The van der Waals surface area contributed by atoms with E-state index < -0.39 is 15.8 Å². The topological polar surface area (TPSA) is 79.0 Å². The fourth-order valence-corrected chi connectivity index (χ4v) is 5.07. The molecule has 2 amide bonds. The molecule has 0 unspecified atom stereocenters. The molecule has 27 heavy (non-hydrogen) atoms. The molecule has 150 valence electrons. The highest BCUT2D eigenvalue weighted by molar-refractivity contribution is 7.89. The first kappa shape index (κ1) is 19.9. The third-order valence-electron chi connectivity index (χ3n) is 4.86. The van der Waals surface area contributed by atoms with Gasteiger partial charge < -0.3 is 10.1 Å². The van der Waals surface area contributed by atoms with Crippen molar-refractivity contribution in [3.05, 3.63) is 24.0 Å². The van der Waals surface area contributed by atoms with Gasteiger partial charge in [-0.15, -0.1) is 0 Å². The Bertz CT molecular complexity index is 794. The van der Waals surface area contributed by atoms with Crippen LogP contribution in [0.2, 0.25) is 0 Å². The van der Waals surface area contributed by atoms with Crippen molar-refractivity contribution in [2.45, 2.75) is 45.3 Å². The largest absolute Gasteiger partial charge is 0.487 e. The van der Waals surface area contributed by atoms with Crippen molar-refractivity contribution in [2.75, 3.05) is 30.3 Å². The van der Waals surface area contributed by atoms with E-state index in [2.05, 4.69) is 5.32 Å². The lowest BCUT2D eigenvalue weighted by molar-refractivity contribution is 0.200. The Balaban J connectivity index is 1.62. The second-order valence-corrected chi connectivity index (χ2v) is 9.18. The lowest BCUT2D eigenvalue weighted by Gasteiger charge is -2.36. The van der Waals surface area contributed by atoms with E-state index in [9.17, 15) is 17.6 Å². The van der Waals surface area contributed by atoms with Crippen molar-refractivity contribution < 1.29 is 22.3 Å². The van der Waals surface area contributed by atoms with E-state index in [-0.39, 0.29) is 23.9 Å². The van der Waals surface area contributed by atoms with Gasteiger partial charge in [0.25, 0.3) is 0 Å². The Kier molecular flexibility index (Phi) is 5.90. The van der Waals surface area contributed by atoms with Crippen molar-refractivity contribution in [1.29, 1.82) is 0 Å². The van der Waals surface area contributed by atoms with Crippen LogP contribution in [0.3, 0.4) is 0 Å². The average molecular weight is 399 g/mol. The van der Waals surface area contributed by atoms with Crippen molar-refractivity contribution in [3.63, 3.8) is 0 Å². The number of ether oxygens (including phenoxy) is 1. The first-order chi connectivity index (χ1) is 12.8. The van der Waals surface area contributed by atoms with Crippen LogP contribution in [0.5, 0.6) is 5.75 Å². The molecule has 2 aliphatic heterocycles. The number of sulfonamides is 1. The number of amides is 2. The molecular formula is C18H26FN3O4S. The molecule has 1 atom stereocenters. The third-order valence-corrected chi connectivity index (χ3v) is 6.94. The van der Waals surface area contributed by atoms with Crippen LogP contribution in [-0.2, 0) is 10.0 Å². The minimum atomic E-state index is -3.20. The Morgan fingerprint density at radius 2 is 2.04 bits per heavy atom. The molecule has 0 radical (unpaired) electrons. The number of nitrogens with one attached hydrogen (secondary N) is 1. The maximum absolute atomic E-state index is 13.5. The minimum absolute atomic E-state index is 0.0902. The van der Waals surface area contributed by atoms with E-state index in [0.29, 0.717) is 50.3 Å². The first-order valence-corrected chi connectivity index (χ1v) is 10.9. The summed E-state index contributed by atoms with van der Waals surface area (Å²) in [7, 11) is -3.20. The number of anilines is 1. The minimum Gasteiger partial charge on any atom is -0.487 e. The number of carbonyl (C=O) groups excluding carboxylic acids is 1. The van der Waals surface area contributed by atoms with Crippen molar-refractivity contribution in [3.8, 4) is 5.75 Å². The summed E-state index contributed by atoms with van der Waals surface area (Å²) in [6.45, 7) is 4.86. The van der Waals surface area contributed by atoms with Gasteiger partial charge in [0, 0.05) is 25.2 Å². The molecular weight excluding hydrogens is 373 g/mol. The fourth-order valence-electron chi connectivity index (χ4n) is 3.53. The van der Waals surface area contributed by atoms with Gasteiger partial charge in [-0.25, -0.2) is 21.9 Å². The maximum Gasteiger partial charge on any atom is 0.322 e. The number of hydrogen-bond donors (Lipinski definition) is 1. The normalized spacial score (nSPS) is 21.4. The molecule has 2 aliphatic rings. The Morgan fingerprint density at radius 1 is 1.33 bits per heavy atom. The summed E-state index contributed by atoms with van der Waals surface area (Å²) in [6, 6.07) is 3.76. The van der Waals surface area contributed by atoms with Crippen molar-refractivity contribution >= 4 is 21.7 Å². The summed E-state index contributed by atoms with van der Waals surface area (Å²) in [5.41, 5.74) is 0.537. The molecule has 0 bridgehead atoms. The number of urea groups is 1. The van der Waals surface area contributed by atoms with E-state index >= 15 is 0 Å². The van der Waals surface area contributed by atoms with E-state index in [1.807, 2.05) is 13.8 Å². The zero-order valence-corrected chi connectivity index (χ0v) is 16.5. The molecule has 3 rings (SSSR count). The van der Waals surface area contributed by atoms with Crippen LogP contribution < -0.4 is 15.0 Å². The molecule has 1 aromatic rings. The van der Waals surface area contributed by atoms with Crippen LogP contribution >= 0.6 is 0 Å². The van der Waals surface area contributed by atoms with Gasteiger partial charge in [0.05, 0.1) is 18.0 Å². The van der Waals surface area contributed by atoms with Gasteiger partial charge in [0.15, 0.2) is 0 Å². The molecule has 9 heteroatoms. The van der Waals surface area contributed by atoms with Gasteiger partial charge in [-0.2, -0.15) is 0 Å². The molecule has 2 heterocycles. The summed E-state index contributed by atoms with van der Waals surface area (Å²) in [5.74, 6) is 0.0940. The number of fused-ring (bicyclic) bond motifs is 1. The molecule has 1 N–H and O–H groups in total.